The summed E-state index contributed by atoms with van der Waals surface area (Å²) in [4.78, 5) is 24.3. The molecule has 1 amide bonds. The quantitative estimate of drug-likeness (QED) is 0.642. The third kappa shape index (κ3) is 5.07. The number of amides is 1. The third-order valence-electron chi connectivity index (χ3n) is 4.56. The highest BCUT2D eigenvalue weighted by atomic mass is 16.6. The van der Waals surface area contributed by atoms with E-state index in [0.29, 0.717) is 11.5 Å². The maximum absolute atomic E-state index is 12.2. The topological polar surface area (TPSA) is 94.3 Å². The molecule has 3 aromatic rings. The van der Waals surface area contributed by atoms with Crippen molar-refractivity contribution < 1.29 is 18.7 Å². The number of ether oxygens (including phenoxy) is 1. The van der Waals surface area contributed by atoms with Crippen molar-refractivity contribution in [3.8, 4) is 11.5 Å². The van der Waals surface area contributed by atoms with Crippen molar-refractivity contribution in [3.05, 3.63) is 70.6 Å². The summed E-state index contributed by atoms with van der Waals surface area (Å²) in [6.07, 6.45) is -0.729. The Bertz CT molecular complexity index is 1020. The number of aryl methyl sites for hydroxylation is 3. The van der Waals surface area contributed by atoms with Crippen LogP contribution in [-0.2, 0) is 9.53 Å². The van der Waals surface area contributed by atoms with Gasteiger partial charge in [0.15, 0.2) is 6.10 Å². The second kappa shape index (κ2) is 8.68. The highest BCUT2D eigenvalue weighted by Crippen LogP contribution is 2.22. The van der Waals surface area contributed by atoms with Crippen molar-refractivity contribution in [1.29, 1.82) is 0 Å². The van der Waals surface area contributed by atoms with Gasteiger partial charge < -0.3 is 14.5 Å². The molecule has 1 aromatic heterocycles. The lowest BCUT2D eigenvalue weighted by Gasteiger charge is -2.10. The molecule has 1 atom stereocenters. The number of carbonyl (C=O) groups is 2. The first-order valence-corrected chi connectivity index (χ1v) is 9.29. The highest BCUT2D eigenvalue weighted by molar-refractivity contribution is 5.96. The van der Waals surface area contributed by atoms with E-state index in [-0.39, 0.29) is 18.3 Å². The zero-order valence-corrected chi connectivity index (χ0v) is 16.9. The molecular weight excluding hydrogens is 370 g/mol. The zero-order chi connectivity index (χ0) is 21.0. The van der Waals surface area contributed by atoms with Gasteiger partial charge in [-0.05, 0) is 63.1 Å². The Labute approximate surface area is 169 Å². The van der Waals surface area contributed by atoms with Crippen LogP contribution in [0.1, 0.15) is 46.0 Å². The lowest BCUT2D eigenvalue weighted by molar-refractivity contribution is -0.148. The van der Waals surface area contributed by atoms with Gasteiger partial charge >= 0.3 is 5.97 Å². The van der Waals surface area contributed by atoms with Gasteiger partial charge in [-0.25, -0.2) is 0 Å². The third-order valence-corrected chi connectivity index (χ3v) is 4.56. The van der Waals surface area contributed by atoms with Crippen molar-refractivity contribution in [2.75, 3.05) is 6.54 Å². The largest absolute Gasteiger partial charge is 0.451 e. The van der Waals surface area contributed by atoms with Gasteiger partial charge in [0.2, 0.25) is 5.89 Å². The van der Waals surface area contributed by atoms with Gasteiger partial charge in [0.25, 0.3) is 11.8 Å². The number of esters is 1. The van der Waals surface area contributed by atoms with Crippen molar-refractivity contribution in [2.45, 2.75) is 33.8 Å². The van der Waals surface area contributed by atoms with Crippen molar-refractivity contribution >= 4 is 11.9 Å². The standard InChI is InChI=1S/C22H23N3O4/c1-13-5-8-17(9-6-13)22-25-24-21(29-22)16(4)28-19(26)12-23-20(27)18-10-7-14(2)15(3)11-18/h5-11,16H,12H2,1-4H3,(H,23,27). The summed E-state index contributed by atoms with van der Waals surface area (Å²) < 4.78 is 10.9. The molecule has 3 rings (SSSR count). The summed E-state index contributed by atoms with van der Waals surface area (Å²) in [5, 5.41) is 10.5. The maximum atomic E-state index is 12.2. The van der Waals surface area contributed by atoms with E-state index in [9.17, 15) is 9.59 Å². The van der Waals surface area contributed by atoms with Crippen LogP contribution in [0.15, 0.2) is 46.9 Å². The Balaban J connectivity index is 1.54. The molecule has 1 heterocycles. The van der Waals surface area contributed by atoms with Crippen LogP contribution >= 0.6 is 0 Å². The molecule has 0 bridgehead atoms. The molecule has 2 aromatic carbocycles. The second-order valence-corrected chi connectivity index (χ2v) is 6.93. The minimum atomic E-state index is -0.729. The summed E-state index contributed by atoms with van der Waals surface area (Å²) in [5.74, 6) is -0.387. The monoisotopic (exact) mass is 393 g/mol. The molecule has 0 aliphatic rings. The number of hydrogen-bond donors (Lipinski definition) is 1. The summed E-state index contributed by atoms with van der Waals surface area (Å²) in [7, 11) is 0. The average molecular weight is 393 g/mol. The fourth-order valence-electron chi connectivity index (χ4n) is 2.64. The molecule has 1 unspecified atom stereocenters. The van der Waals surface area contributed by atoms with Gasteiger partial charge in [0.1, 0.15) is 6.54 Å². The molecule has 0 aliphatic carbocycles. The molecule has 7 nitrogen and oxygen atoms in total. The van der Waals surface area contributed by atoms with Crippen molar-refractivity contribution in [3.63, 3.8) is 0 Å². The minimum absolute atomic E-state index is 0.189. The number of hydrogen-bond acceptors (Lipinski definition) is 6. The zero-order valence-electron chi connectivity index (χ0n) is 16.9. The number of carbonyl (C=O) groups excluding carboxylic acids is 2. The van der Waals surface area contributed by atoms with Crippen LogP contribution in [0.3, 0.4) is 0 Å². The highest BCUT2D eigenvalue weighted by Gasteiger charge is 2.19. The Morgan fingerprint density at radius 2 is 1.76 bits per heavy atom. The van der Waals surface area contributed by atoms with E-state index < -0.39 is 12.1 Å². The number of nitrogens with zero attached hydrogens (tertiary/aromatic N) is 2. The molecule has 0 spiro atoms. The van der Waals surface area contributed by atoms with Gasteiger partial charge in [0.05, 0.1) is 0 Å². The van der Waals surface area contributed by atoms with Crippen LogP contribution in [-0.4, -0.2) is 28.6 Å². The minimum Gasteiger partial charge on any atom is -0.451 e. The van der Waals surface area contributed by atoms with E-state index >= 15 is 0 Å². The van der Waals surface area contributed by atoms with Gasteiger partial charge in [-0.15, -0.1) is 10.2 Å². The second-order valence-electron chi connectivity index (χ2n) is 6.93. The molecule has 0 aliphatic heterocycles. The summed E-state index contributed by atoms with van der Waals surface area (Å²) in [6.45, 7) is 7.27. The molecular formula is C22H23N3O4. The Hall–Kier alpha value is -3.48. The SMILES string of the molecule is Cc1ccc(-c2nnc(C(C)OC(=O)CNC(=O)c3ccc(C)c(C)c3)o2)cc1. The molecule has 0 fully saturated rings. The number of rotatable bonds is 6. The Morgan fingerprint density at radius 3 is 2.45 bits per heavy atom. The molecule has 7 heteroatoms. The number of aromatic nitrogens is 2. The van der Waals surface area contributed by atoms with Crippen LogP contribution in [0.2, 0.25) is 0 Å². The molecule has 29 heavy (non-hydrogen) atoms. The predicted octanol–water partition coefficient (Wildman–Crippen LogP) is 3.70. The van der Waals surface area contributed by atoms with Gasteiger partial charge in [0, 0.05) is 11.1 Å². The normalized spacial score (nSPS) is 11.7. The summed E-state index contributed by atoms with van der Waals surface area (Å²) >= 11 is 0. The number of nitrogens with one attached hydrogen (secondary N) is 1. The van der Waals surface area contributed by atoms with Crippen LogP contribution in [0, 0.1) is 20.8 Å². The first-order chi connectivity index (χ1) is 13.8. The van der Waals surface area contributed by atoms with Gasteiger partial charge in [-0.2, -0.15) is 0 Å². The lowest BCUT2D eigenvalue weighted by atomic mass is 10.1. The van der Waals surface area contributed by atoms with E-state index in [4.69, 9.17) is 9.15 Å². The smallest absolute Gasteiger partial charge is 0.326 e. The van der Waals surface area contributed by atoms with Crippen molar-refractivity contribution in [2.24, 2.45) is 0 Å². The van der Waals surface area contributed by atoms with Gasteiger partial charge in [-0.3, -0.25) is 9.59 Å². The fourth-order valence-corrected chi connectivity index (χ4v) is 2.64. The van der Waals surface area contributed by atoms with Crippen molar-refractivity contribution in [1.82, 2.24) is 15.5 Å². The lowest BCUT2D eigenvalue weighted by Crippen LogP contribution is -2.31. The first kappa shape index (κ1) is 20.3. The van der Waals surface area contributed by atoms with E-state index in [1.54, 1.807) is 19.1 Å². The molecule has 1 N–H and O–H groups in total. The van der Waals surface area contributed by atoms with Crippen LogP contribution in [0.25, 0.3) is 11.5 Å². The van der Waals surface area contributed by atoms with Crippen LogP contribution in [0.5, 0.6) is 0 Å². The predicted molar refractivity (Wildman–Crippen MR) is 107 cm³/mol. The van der Waals surface area contributed by atoms with Gasteiger partial charge in [-0.1, -0.05) is 23.8 Å². The van der Waals surface area contributed by atoms with E-state index in [2.05, 4.69) is 15.5 Å². The summed E-state index contributed by atoms with van der Waals surface area (Å²) in [5.41, 5.74) is 4.51. The van der Waals surface area contributed by atoms with E-state index in [1.165, 1.54) is 0 Å². The summed E-state index contributed by atoms with van der Waals surface area (Å²) in [6, 6.07) is 13.0. The maximum Gasteiger partial charge on any atom is 0.326 e. The fraction of sp³-hybridized carbons (Fsp3) is 0.273. The van der Waals surface area contributed by atoms with Crippen LogP contribution in [0.4, 0.5) is 0 Å². The van der Waals surface area contributed by atoms with E-state index in [1.807, 2.05) is 51.1 Å². The average Bonchev–Trinajstić information content (AvgIpc) is 3.19. The Kier molecular flexibility index (Phi) is 6.07. The van der Waals surface area contributed by atoms with E-state index in [0.717, 1.165) is 22.3 Å². The van der Waals surface area contributed by atoms with Crippen LogP contribution < -0.4 is 5.32 Å². The first-order valence-electron chi connectivity index (χ1n) is 9.29. The molecule has 150 valence electrons. The molecule has 0 saturated heterocycles. The molecule has 0 radical (unpaired) electrons. The Morgan fingerprint density at radius 1 is 1.03 bits per heavy atom. The molecule has 0 saturated carbocycles. The number of benzene rings is 2.